The largest absolute Gasteiger partial charge is 0.490 e. The van der Waals surface area contributed by atoms with Gasteiger partial charge in [-0.05, 0) is 50.7 Å². The molecule has 0 aliphatic carbocycles. The van der Waals surface area contributed by atoms with Crippen LogP contribution in [0.25, 0.3) is 0 Å². The molecule has 2 rings (SSSR count). The Morgan fingerprint density at radius 1 is 0.846 bits per heavy atom. The second-order valence-corrected chi connectivity index (χ2v) is 5.85. The summed E-state index contributed by atoms with van der Waals surface area (Å²) < 4.78 is 22.8. The first-order chi connectivity index (χ1) is 12.7. The van der Waals surface area contributed by atoms with Crippen molar-refractivity contribution < 1.29 is 18.9 Å². The Kier molecular flexibility index (Phi) is 8.38. The van der Waals surface area contributed by atoms with Crippen LogP contribution in [-0.2, 0) is 6.54 Å². The Morgan fingerprint density at radius 3 is 2.12 bits per heavy atom. The maximum atomic E-state index is 6.37. The van der Waals surface area contributed by atoms with Crippen LogP contribution >= 0.6 is 11.6 Å². The summed E-state index contributed by atoms with van der Waals surface area (Å²) in [5, 5.41) is 3.62. The van der Waals surface area contributed by atoms with E-state index in [1.54, 1.807) is 0 Å². The van der Waals surface area contributed by atoms with Crippen molar-refractivity contribution in [2.75, 3.05) is 33.5 Å². The van der Waals surface area contributed by atoms with Gasteiger partial charge < -0.3 is 24.3 Å². The third-order valence-corrected chi connectivity index (χ3v) is 3.77. The topological polar surface area (TPSA) is 49.0 Å². The van der Waals surface area contributed by atoms with Crippen molar-refractivity contribution in [1.82, 2.24) is 5.32 Å². The monoisotopic (exact) mass is 379 g/mol. The molecule has 0 aromatic heterocycles. The number of ether oxygens (including phenoxy) is 4. The Hall–Kier alpha value is -2.11. The highest BCUT2D eigenvalue weighted by Gasteiger charge is 2.13. The minimum absolute atomic E-state index is 0.339. The van der Waals surface area contributed by atoms with Crippen molar-refractivity contribution in [1.29, 1.82) is 0 Å². The summed E-state index contributed by atoms with van der Waals surface area (Å²) in [7, 11) is 1.89. The zero-order chi connectivity index (χ0) is 18.8. The van der Waals surface area contributed by atoms with E-state index in [-0.39, 0.29) is 0 Å². The minimum Gasteiger partial charge on any atom is -0.490 e. The molecule has 2 aromatic rings. The number of para-hydroxylation sites is 2. The van der Waals surface area contributed by atoms with Crippen LogP contribution < -0.4 is 24.3 Å². The first-order valence-electron chi connectivity index (χ1n) is 8.76. The molecule has 1 N–H and O–H groups in total. The molecule has 0 amide bonds. The Balaban J connectivity index is 1.99. The van der Waals surface area contributed by atoms with Gasteiger partial charge in [-0.3, -0.25) is 0 Å². The van der Waals surface area contributed by atoms with Gasteiger partial charge in [0.2, 0.25) is 0 Å². The van der Waals surface area contributed by atoms with Gasteiger partial charge in [0.05, 0.1) is 18.2 Å². The molecule has 0 bridgehead atoms. The highest BCUT2D eigenvalue weighted by Crippen LogP contribution is 2.36. The van der Waals surface area contributed by atoms with Crippen LogP contribution in [0.1, 0.15) is 19.4 Å². The van der Waals surface area contributed by atoms with E-state index in [1.807, 2.05) is 57.3 Å². The van der Waals surface area contributed by atoms with E-state index in [0.717, 1.165) is 11.3 Å². The quantitative estimate of drug-likeness (QED) is 0.589. The van der Waals surface area contributed by atoms with Crippen LogP contribution in [-0.4, -0.2) is 33.5 Å². The van der Waals surface area contributed by atoms with Gasteiger partial charge in [0.1, 0.15) is 13.2 Å². The number of nitrogens with one attached hydrogen (secondary N) is 1. The molecule has 0 spiro atoms. The second-order valence-electron chi connectivity index (χ2n) is 5.44. The Labute approximate surface area is 160 Å². The Bertz CT molecular complexity index is 694. The first-order valence-corrected chi connectivity index (χ1v) is 9.14. The molecule has 0 saturated heterocycles. The lowest BCUT2D eigenvalue weighted by atomic mass is 10.2. The van der Waals surface area contributed by atoms with Gasteiger partial charge in [0.15, 0.2) is 23.0 Å². The van der Waals surface area contributed by atoms with Crippen molar-refractivity contribution in [3.8, 4) is 23.0 Å². The lowest BCUT2D eigenvalue weighted by Gasteiger charge is -2.16. The fraction of sp³-hybridized carbons (Fsp3) is 0.400. The van der Waals surface area contributed by atoms with Crippen molar-refractivity contribution in [2.45, 2.75) is 20.4 Å². The van der Waals surface area contributed by atoms with Crippen LogP contribution in [0, 0.1) is 0 Å². The van der Waals surface area contributed by atoms with Crippen molar-refractivity contribution in [3.05, 3.63) is 47.0 Å². The summed E-state index contributed by atoms with van der Waals surface area (Å²) in [5.41, 5.74) is 1.04. The zero-order valence-electron chi connectivity index (χ0n) is 15.5. The van der Waals surface area contributed by atoms with E-state index in [0.29, 0.717) is 55.2 Å². The van der Waals surface area contributed by atoms with Crippen LogP contribution in [0.5, 0.6) is 23.0 Å². The molecule has 26 heavy (non-hydrogen) atoms. The third kappa shape index (κ3) is 5.71. The van der Waals surface area contributed by atoms with Gasteiger partial charge in [-0.1, -0.05) is 23.7 Å². The van der Waals surface area contributed by atoms with E-state index < -0.39 is 0 Å². The van der Waals surface area contributed by atoms with Crippen LogP contribution in [0.4, 0.5) is 0 Å². The number of hydrogen-bond acceptors (Lipinski definition) is 5. The van der Waals surface area contributed by atoms with Gasteiger partial charge >= 0.3 is 0 Å². The summed E-state index contributed by atoms with van der Waals surface area (Å²) in [6.45, 7) is 6.40. The molecule has 142 valence electrons. The van der Waals surface area contributed by atoms with E-state index in [2.05, 4.69) is 5.32 Å². The molecule has 0 saturated carbocycles. The fourth-order valence-corrected chi connectivity index (χ4v) is 2.76. The summed E-state index contributed by atoms with van der Waals surface area (Å²) >= 11 is 6.37. The summed E-state index contributed by atoms with van der Waals surface area (Å²) in [4.78, 5) is 0. The van der Waals surface area contributed by atoms with E-state index in [4.69, 9.17) is 30.5 Å². The average molecular weight is 380 g/mol. The van der Waals surface area contributed by atoms with Crippen molar-refractivity contribution >= 4 is 11.6 Å². The van der Waals surface area contributed by atoms with E-state index in [9.17, 15) is 0 Å². The van der Waals surface area contributed by atoms with E-state index >= 15 is 0 Å². The van der Waals surface area contributed by atoms with Gasteiger partial charge in [0.25, 0.3) is 0 Å². The number of halogens is 1. The van der Waals surface area contributed by atoms with Gasteiger partial charge in [-0.2, -0.15) is 0 Å². The molecule has 6 heteroatoms. The molecule has 5 nitrogen and oxygen atoms in total. The predicted octanol–water partition coefficient (Wildman–Crippen LogP) is 4.31. The summed E-state index contributed by atoms with van der Waals surface area (Å²) in [6, 6.07) is 11.4. The maximum absolute atomic E-state index is 6.37. The minimum atomic E-state index is 0.339. The van der Waals surface area contributed by atoms with Crippen LogP contribution in [0.15, 0.2) is 36.4 Å². The molecular weight excluding hydrogens is 354 g/mol. The van der Waals surface area contributed by atoms with E-state index in [1.165, 1.54) is 0 Å². The molecule has 0 aliphatic rings. The second kappa shape index (κ2) is 10.8. The number of hydrogen-bond donors (Lipinski definition) is 1. The molecule has 0 fully saturated rings. The molecule has 0 heterocycles. The van der Waals surface area contributed by atoms with Crippen molar-refractivity contribution in [3.63, 3.8) is 0 Å². The lowest BCUT2D eigenvalue weighted by Crippen LogP contribution is -2.11. The Morgan fingerprint density at radius 2 is 1.46 bits per heavy atom. The maximum Gasteiger partial charge on any atom is 0.179 e. The SMILES string of the molecule is CCOc1ccccc1OCCOc1c(Cl)cc(CNC)cc1OCC. The molecular formula is C20H26ClNO4. The molecule has 0 radical (unpaired) electrons. The van der Waals surface area contributed by atoms with Crippen LogP contribution in [0.3, 0.4) is 0 Å². The molecule has 2 aromatic carbocycles. The first kappa shape index (κ1) is 20.2. The van der Waals surface area contributed by atoms with Gasteiger partial charge in [-0.15, -0.1) is 0 Å². The number of rotatable bonds is 11. The van der Waals surface area contributed by atoms with Crippen LogP contribution in [0.2, 0.25) is 5.02 Å². The van der Waals surface area contributed by atoms with Crippen molar-refractivity contribution in [2.24, 2.45) is 0 Å². The highest BCUT2D eigenvalue weighted by molar-refractivity contribution is 6.32. The molecule has 0 atom stereocenters. The normalized spacial score (nSPS) is 10.5. The van der Waals surface area contributed by atoms with Gasteiger partial charge in [0, 0.05) is 6.54 Å². The molecule has 0 aliphatic heterocycles. The predicted molar refractivity (Wildman–Crippen MR) is 104 cm³/mol. The standard InChI is InChI=1S/C20H26ClNO4/c1-4-23-17-8-6-7-9-18(17)25-10-11-26-20-16(21)12-15(14-22-3)13-19(20)24-5-2/h6-9,12-13,22H,4-5,10-11,14H2,1-3H3. The summed E-state index contributed by atoms with van der Waals surface area (Å²) in [5.74, 6) is 2.59. The average Bonchev–Trinajstić information content (AvgIpc) is 2.62. The lowest BCUT2D eigenvalue weighted by molar-refractivity contribution is 0.201. The third-order valence-electron chi connectivity index (χ3n) is 3.49. The smallest absolute Gasteiger partial charge is 0.179 e. The van der Waals surface area contributed by atoms with Gasteiger partial charge in [-0.25, -0.2) is 0 Å². The highest BCUT2D eigenvalue weighted by atomic mass is 35.5. The molecule has 0 unspecified atom stereocenters. The zero-order valence-corrected chi connectivity index (χ0v) is 16.3. The summed E-state index contributed by atoms with van der Waals surface area (Å²) in [6.07, 6.45) is 0. The fourth-order valence-electron chi connectivity index (χ4n) is 2.47. The number of benzene rings is 2.